The van der Waals surface area contributed by atoms with Gasteiger partial charge in [0.2, 0.25) is 0 Å². The van der Waals surface area contributed by atoms with E-state index in [0.717, 1.165) is 13.2 Å². The van der Waals surface area contributed by atoms with Crippen LogP contribution in [0.2, 0.25) is 0 Å². The highest BCUT2D eigenvalue weighted by Crippen LogP contribution is 2.30. The Bertz CT molecular complexity index is 656. The van der Waals surface area contributed by atoms with E-state index >= 15 is 0 Å². The number of hydrogen-bond donors (Lipinski definition) is 0. The smallest absolute Gasteiger partial charge is 0.0776 e. The van der Waals surface area contributed by atoms with Crippen molar-refractivity contribution in [2.24, 2.45) is 0 Å². The van der Waals surface area contributed by atoms with E-state index in [-0.39, 0.29) is 0 Å². The minimum atomic E-state index is 0.393. The summed E-state index contributed by atoms with van der Waals surface area (Å²) in [7, 11) is 0. The van der Waals surface area contributed by atoms with Crippen molar-refractivity contribution >= 4 is 21.8 Å². The lowest BCUT2D eigenvalue weighted by Gasteiger charge is -2.27. The lowest BCUT2D eigenvalue weighted by Crippen LogP contribution is -2.31. The van der Waals surface area contributed by atoms with Crippen LogP contribution >= 0.6 is 0 Å². The highest BCUT2D eigenvalue weighted by atomic mass is 16.5. The fourth-order valence-corrected chi connectivity index (χ4v) is 2.83. The van der Waals surface area contributed by atoms with Gasteiger partial charge in [0.05, 0.1) is 6.10 Å². The Kier molecular flexibility index (Phi) is 2.17. The molecule has 0 aliphatic carbocycles. The fraction of sp³-hybridized carbons (Fsp3) is 0.250. The Labute approximate surface area is 106 Å². The molecule has 3 aromatic rings. The van der Waals surface area contributed by atoms with E-state index in [9.17, 15) is 0 Å². The van der Waals surface area contributed by atoms with Crippen molar-refractivity contribution in [1.29, 1.82) is 0 Å². The molecule has 1 unspecified atom stereocenters. The fourth-order valence-electron chi connectivity index (χ4n) is 2.83. The lowest BCUT2D eigenvalue weighted by atomic mass is 10.2. The second-order valence-electron chi connectivity index (χ2n) is 4.93. The lowest BCUT2D eigenvalue weighted by molar-refractivity contribution is -0.0580. The maximum Gasteiger partial charge on any atom is 0.0776 e. The molecule has 1 atom stereocenters. The van der Waals surface area contributed by atoms with Crippen LogP contribution in [0.3, 0.4) is 0 Å². The molecule has 2 heterocycles. The van der Waals surface area contributed by atoms with Crippen LogP contribution in [0.4, 0.5) is 0 Å². The maximum absolute atomic E-state index is 5.58. The summed E-state index contributed by atoms with van der Waals surface area (Å²) in [6.07, 6.45) is 1.57. The third kappa shape index (κ3) is 1.39. The van der Waals surface area contributed by atoms with Gasteiger partial charge >= 0.3 is 0 Å². The Hall–Kier alpha value is -1.80. The van der Waals surface area contributed by atoms with Gasteiger partial charge in [0.1, 0.15) is 0 Å². The molecule has 1 aromatic heterocycles. The summed E-state index contributed by atoms with van der Waals surface area (Å²) in [5, 5.41) is 2.68. The predicted octanol–water partition coefficient (Wildman–Crippen LogP) is 3.58. The summed E-state index contributed by atoms with van der Waals surface area (Å²) in [5.74, 6) is 0. The summed E-state index contributed by atoms with van der Waals surface area (Å²) in [5.41, 5.74) is 2.63. The zero-order valence-corrected chi connectivity index (χ0v) is 10.2. The van der Waals surface area contributed by atoms with E-state index in [1.54, 1.807) is 0 Å². The van der Waals surface area contributed by atoms with Gasteiger partial charge < -0.3 is 9.30 Å². The second kappa shape index (κ2) is 3.85. The summed E-state index contributed by atoms with van der Waals surface area (Å²) in [6, 6.07) is 17.3. The van der Waals surface area contributed by atoms with Crippen molar-refractivity contribution in [3.8, 4) is 0 Å². The summed E-state index contributed by atoms with van der Waals surface area (Å²) in [6.45, 7) is 1.88. The average molecular weight is 237 g/mol. The number of hydrogen-bond acceptors (Lipinski definition) is 1. The van der Waals surface area contributed by atoms with E-state index < -0.39 is 0 Å². The molecular weight excluding hydrogens is 222 g/mol. The van der Waals surface area contributed by atoms with Gasteiger partial charge in [-0.1, -0.05) is 36.4 Å². The average Bonchev–Trinajstić information content (AvgIpc) is 2.69. The Morgan fingerprint density at radius 3 is 2.00 bits per heavy atom. The van der Waals surface area contributed by atoms with E-state index in [2.05, 4.69) is 53.1 Å². The SMILES string of the molecule is c1ccc2c(c1)c1ccccc1n2CC1CCO1. The minimum absolute atomic E-state index is 0.393. The molecule has 1 fully saturated rings. The Morgan fingerprint density at radius 2 is 1.50 bits per heavy atom. The number of benzene rings is 2. The molecule has 90 valence electrons. The summed E-state index contributed by atoms with van der Waals surface area (Å²) in [4.78, 5) is 0. The molecular formula is C16H15NO. The van der Waals surface area contributed by atoms with Crippen LogP contribution in [0.1, 0.15) is 6.42 Å². The molecule has 0 N–H and O–H groups in total. The molecule has 0 amide bonds. The Morgan fingerprint density at radius 1 is 0.944 bits per heavy atom. The molecule has 0 spiro atoms. The van der Waals surface area contributed by atoms with Gasteiger partial charge in [-0.3, -0.25) is 0 Å². The van der Waals surface area contributed by atoms with E-state index in [1.165, 1.54) is 28.2 Å². The molecule has 2 aromatic carbocycles. The van der Waals surface area contributed by atoms with Crippen molar-refractivity contribution in [2.75, 3.05) is 6.61 Å². The molecule has 2 heteroatoms. The molecule has 0 bridgehead atoms. The van der Waals surface area contributed by atoms with Gasteiger partial charge in [0.25, 0.3) is 0 Å². The van der Waals surface area contributed by atoms with Gasteiger partial charge in [-0.05, 0) is 18.6 Å². The zero-order valence-electron chi connectivity index (χ0n) is 10.2. The van der Waals surface area contributed by atoms with Crippen molar-refractivity contribution in [3.63, 3.8) is 0 Å². The highest BCUT2D eigenvalue weighted by molar-refractivity contribution is 6.07. The highest BCUT2D eigenvalue weighted by Gasteiger charge is 2.20. The second-order valence-corrected chi connectivity index (χ2v) is 4.93. The van der Waals surface area contributed by atoms with Crippen LogP contribution < -0.4 is 0 Å². The van der Waals surface area contributed by atoms with Gasteiger partial charge in [0, 0.05) is 35.0 Å². The van der Waals surface area contributed by atoms with Crippen LogP contribution in [-0.2, 0) is 11.3 Å². The van der Waals surface area contributed by atoms with E-state index in [4.69, 9.17) is 4.74 Å². The molecule has 0 saturated carbocycles. The molecule has 1 aliphatic rings. The first-order valence-corrected chi connectivity index (χ1v) is 6.51. The van der Waals surface area contributed by atoms with E-state index in [1.807, 2.05) is 0 Å². The molecule has 18 heavy (non-hydrogen) atoms. The Balaban J connectivity index is 2.00. The van der Waals surface area contributed by atoms with Crippen molar-refractivity contribution in [3.05, 3.63) is 48.5 Å². The van der Waals surface area contributed by atoms with Crippen LogP contribution in [0.5, 0.6) is 0 Å². The number of ether oxygens (including phenoxy) is 1. The van der Waals surface area contributed by atoms with Gasteiger partial charge in [-0.25, -0.2) is 0 Å². The van der Waals surface area contributed by atoms with Crippen LogP contribution in [0.25, 0.3) is 21.8 Å². The maximum atomic E-state index is 5.58. The first kappa shape index (κ1) is 10.2. The third-order valence-electron chi connectivity index (χ3n) is 3.86. The number of para-hydroxylation sites is 2. The molecule has 2 nitrogen and oxygen atoms in total. The molecule has 1 aliphatic heterocycles. The molecule has 1 saturated heterocycles. The predicted molar refractivity (Wildman–Crippen MR) is 73.8 cm³/mol. The zero-order chi connectivity index (χ0) is 11.9. The number of aromatic nitrogens is 1. The quantitative estimate of drug-likeness (QED) is 0.664. The van der Waals surface area contributed by atoms with Crippen LogP contribution in [0.15, 0.2) is 48.5 Å². The normalized spacial score (nSPS) is 19.2. The summed E-state index contributed by atoms with van der Waals surface area (Å²) >= 11 is 0. The first-order chi connectivity index (χ1) is 8.93. The monoisotopic (exact) mass is 237 g/mol. The van der Waals surface area contributed by atoms with Crippen molar-refractivity contribution in [2.45, 2.75) is 19.1 Å². The first-order valence-electron chi connectivity index (χ1n) is 6.51. The third-order valence-corrected chi connectivity index (χ3v) is 3.86. The minimum Gasteiger partial charge on any atom is -0.376 e. The van der Waals surface area contributed by atoms with Crippen LogP contribution in [-0.4, -0.2) is 17.3 Å². The number of fused-ring (bicyclic) bond motifs is 3. The van der Waals surface area contributed by atoms with Gasteiger partial charge in [-0.2, -0.15) is 0 Å². The number of rotatable bonds is 2. The standard InChI is InChI=1S/C16H15NO/c1-3-7-15-13(5-1)14-6-2-4-8-16(14)17(15)11-12-9-10-18-12/h1-8,12H,9-11H2. The topological polar surface area (TPSA) is 14.2 Å². The van der Waals surface area contributed by atoms with Crippen molar-refractivity contribution < 1.29 is 4.74 Å². The van der Waals surface area contributed by atoms with Gasteiger partial charge in [-0.15, -0.1) is 0 Å². The van der Waals surface area contributed by atoms with Crippen molar-refractivity contribution in [1.82, 2.24) is 4.57 Å². The van der Waals surface area contributed by atoms with Crippen LogP contribution in [0, 0.1) is 0 Å². The molecule has 4 rings (SSSR count). The molecule has 0 radical (unpaired) electrons. The largest absolute Gasteiger partial charge is 0.376 e. The van der Waals surface area contributed by atoms with Gasteiger partial charge in [0.15, 0.2) is 0 Å². The summed E-state index contributed by atoms with van der Waals surface area (Å²) < 4.78 is 7.98. The number of nitrogens with zero attached hydrogens (tertiary/aromatic N) is 1. The van der Waals surface area contributed by atoms with E-state index in [0.29, 0.717) is 6.10 Å².